The van der Waals surface area contributed by atoms with Crippen molar-refractivity contribution in [2.75, 3.05) is 20.8 Å². The maximum atomic E-state index is 5.52. The molecule has 0 aliphatic carbocycles. The van der Waals surface area contributed by atoms with Gasteiger partial charge < -0.3 is 9.47 Å². The Labute approximate surface area is 159 Å². The summed E-state index contributed by atoms with van der Waals surface area (Å²) < 4.78 is 12.4. The van der Waals surface area contributed by atoms with Gasteiger partial charge in [0.05, 0.1) is 14.2 Å². The van der Waals surface area contributed by atoms with E-state index in [9.17, 15) is 0 Å². The molecule has 2 heterocycles. The van der Waals surface area contributed by atoms with E-state index in [0.717, 1.165) is 31.0 Å². The molecule has 2 aromatic carbocycles. The van der Waals surface area contributed by atoms with Gasteiger partial charge in [0.25, 0.3) is 0 Å². The minimum absolute atomic E-state index is 0.364. The Morgan fingerprint density at radius 3 is 2.58 bits per heavy atom. The van der Waals surface area contributed by atoms with Crippen molar-refractivity contribution in [3.05, 3.63) is 58.0 Å². The number of hydrogen-bond donors (Lipinski definition) is 0. The summed E-state index contributed by atoms with van der Waals surface area (Å²) in [7, 11) is 3.41. The molecule has 3 aromatic rings. The van der Waals surface area contributed by atoms with Gasteiger partial charge in [0.1, 0.15) is 0 Å². The topological polar surface area (TPSA) is 21.7 Å². The van der Waals surface area contributed by atoms with Crippen molar-refractivity contribution in [1.29, 1.82) is 0 Å². The van der Waals surface area contributed by atoms with Crippen molar-refractivity contribution in [1.82, 2.24) is 4.90 Å². The van der Waals surface area contributed by atoms with Crippen LogP contribution in [0.4, 0.5) is 0 Å². The molecule has 1 atom stereocenters. The van der Waals surface area contributed by atoms with E-state index in [2.05, 4.69) is 55.1 Å². The molecular weight excluding hydrogens is 342 g/mol. The van der Waals surface area contributed by atoms with Crippen LogP contribution in [0.25, 0.3) is 10.1 Å². The number of methoxy groups -OCH3 is 2. The van der Waals surface area contributed by atoms with Crippen LogP contribution in [0.3, 0.4) is 0 Å². The Morgan fingerprint density at radius 1 is 1.12 bits per heavy atom. The lowest BCUT2D eigenvalue weighted by molar-refractivity contribution is 0.190. The van der Waals surface area contributed by atoms with Gasteiger partial charge in [-0.2, -0.15) is 0 Å². The number of nitrogens with zero attached hydrogens (tertiary/aromatic N) is 1. The second-order valence-electron chi connectivity index (χ2n) is 6.95. The van der Waals surface area contributed by atoms with E-state index in [4.69, 9.17) is 9.47 Å². The number of thiophene rings is 1. The predicted molar refractivity (Wildman–Crippen MR) is 109 cm³/mol. The second-order valence-corrected chi connectivity index (χ2v) is 8.09. The molecule has 0 saturated heterocycles. The van der Waals surface area contributed by atoms with Crippen molar-refractivity contribution in [2.24, 2.45) is 0 Å². The van der Waals surface area contributed by atoms with Crippen LogP contribution in [0.1, 0.15) is 34.5 Å². The lowest BCUT2D eigenvalue weighted by Crippen LogP contribution is -2.33. The van der Waals surface area contributed by atoms with Crippen LogP contribution in [-0.2, 0) is 13.0 Å². The van der Waals surface area contributed by atoms with E-state index < -0.39 is 0 Å². The highest BCUT2D eigenvalue weighted by Gasteiger charge is 2.26. The number of rotatable bonds is 4. The smallest absolute Gasteiger partial charge is 0.161 e. The van der Waals surface area contributed by atoms with Crippen LogP contribution in [0.15, 0.2) is 36.4 Å². The van der Waals surface area contributed by atoms with E-state index >= 15 is 0 Å². The van der Waals surface area contributed by atoms with Gasteiger partial charge in [-0.3, -0.25) is 4.90 Å². The number of ether oxygens (including phenoxy) is 2. The minimum atomic E-state index is 0.364. The minimum Gasteiger partial charge on any atom is -0.493 e. The van der Waals surface area contributed by atoms with Gasteiger partial charge in [0.2, 0.25) is 0 Å². The molecule has 0 fully saturated rings. The Morgan fingerprint density at radius 2 is 1.85 bits per heavy atom. The van der Waals surface area contributed by atoms with Crippen molar-refractivity contribution < 1.29 is 9.47 Å². The molecule has 0 saturated carbocycles. The fourth-order valence-corrected chi connectivity index (χ4v) is 5.21. The number of aryl methyl sites for hydroxylation is 1. The molecule has 0 amide bonds. The van der Waals surface area contributed by atoms with Gasteiger partial charge >= 0.3 is 0 Å². The molecule has 3 nitrogen and oxygen atoms in total. The maximum Gasteiger partial charge on any atom is 0.161 e. The third-order valence-corrected chi connectivity index (χ3v) is 6.86. The molecule has 0 radical (unpaired) electrons. The lowest BCUT2D eigenvalue weighted by atomic mass is 9.92. The summed E-state index contributed by atoms with van der Waals surface area (Å²) >= 11 is 1.93. The summed E-state index contributed by atoms with van der Waals surface area (Å²) in [5, 5.41) is 1.39. The Hall–Kier alpha value is -2.04. The largest absolute Gasteiger partial charge is 0.493 e. The zero-order valence-electron chi connectivity index (χ0n) is 15.8. The van der Waals surface area contributed by atoms with E-state index in [-0.39, 0.29) is 0 Å². The number of hydrogen-bond acceptors (Lipinski definition) is 4. The molecule has 136 valence electrons. The Balaban J connectivity index is 1.64. The van der Waals surface area contributed by atoms with E-state index in [1.165, 1.54) is 31.7 Å². The van der Waals surface area contributed by atoms with Crippen LogP contribution in [0.2, 0.25) is 0 Å². The van der Waals surface area contributed by atoms with Gasteiger partial charge in [-0.15, -0.1) is 11.3 Å². The molecule has 0 unspecified atom stereocenters. The van der Waals surface area contributed by atoms with Crippen LogP contribution in [0.5, 0.6) is 11.5 Å². The number of benzene rings is 2. The van der Waals surface area contributed by atoms with Crippen molar-refractivity contribution in [3.8, 4) is 11.5 Å². The van der Waals surface area contributed by atoms with E-state index in [1.807, 2.05) is 11.3 Å². The zero-order chi connectivity index (χ0) is 18.3. The first-order chi connectivity index (χ1) is 12.6. The Bertz CT molecular complexity index is 947. The highest BCUT2D eigenvalue weighted by atomic mass is 32.1. The van der Waals surface area contributed by atoms with Crippen molar-refractivity contribution >= 4 is 21.4 Å². The van der Waals surface area contributed by atoms with Gasteiger partial charge in [-0.25, -0.2) is 0 Å². The molecular formula is C22H25NO2S. The van der Waals surface area contributed by atoms with Crippen LogP contribution < -0.4 is 9.47 Å². The SMILES string of the molecule is COc1cc2c(cc1OC)[C@H](C)N(Cc1sc3ccccc3c1C)CC2. The van der Waals surface area contributed by atoms with Crippen LogP contribution >= 0.6 is 11.3 Å². The lowest BCUT2D eigenvalue weighted by Gasteiger charge is -2.35. The summed E-state index contributed by atoms with van der Waals surface area (Å²) in [6.45, 7) is 6.62. The summed E-state index contributed by atoms with van der Waals surface area (Å²) in [6, 6.07) is 13.4. The van der Waals surface area contributed by atoms with Gasteiger partial charge in [-0.1, -0.05) is 18.2 Å². The van der Waals surface area contributed by atoms with Crippen LogP contribution in [-0.4, -0.2) is 25.7 Å². The first-order valence-corrected chi connectivity index (χ1v) is 9.90. The van der Waals surface area contributed by atoms with E-state index in [1.54, 1.807) is 14.2 Å². The van der Waals surface area contributed by atoms with Gasteiger partial charge in [0.15, 0.2) is 11.5 Å². The molecule has 1 aliphatic rings. The fraction of sp³-hybridized carbons (Fsp3) is 0.364. The van der Waals surface area contributed by atoms with Gasteiger partial charge in [0, 0.05) is 28.7 Å². The molecule has 4 heteroatoms. The molecule has 1 aliphatic heterocycles. The average molecular weight is 368 g/mol. The normalized spacial score (nSPS) is 17.3. The average Bonchev–Trinajstić information content (AvgIpc) is 2.99. The molecule has 1 aromatic heterocycles. The van der Waals surface area contributed by atoms with Crippen molar-refractivity contribution in [2.45, 2.75) is 32.9 Å². The zero-order valence-corrected chi connectivity index (χ0v) is 16.7. The summed E-state index contributed by atoms with van der Waals surface area (Å²) in [4.78, 5) is 4.05. The fourth-order valence-electron chi connectivity index (χ4n) is 3.97. The first kappa shape index (κ1) is 17.4. The summed E-state index contributed by atoms with van der Waals surface area (Å²) in [6.07, 6.45) is 1.05. The first-order valence-electron chi connectivity index (χ1n) is 9.08. The van der Waals surface area contributed by atoms with Crippen LogP contribution in [0, 0.1) is 6.92 Å². The quantitative estimate of drug-likeness (QED) is 0.621. The maximum absolute atomic E-state index is 5.52. The molecule has 26 heavy (non-hydrogen) atoms. The second kappa shape index (κ2) is 6.93. The predicted octanol–water partition coefficient (Wildman–Crippen LogP) is 5.35. The number of fused-ring (bicyclic) bond motifs is 2. The highest BCUT2D eigenvalue weighted by molar-refractivity contribution is 7.19. The molecule has 4 rings (SSSR count). The molecule has 0 spiro atoms. The standard InChI is InChI=1S/C22H25NO2S/c1-14-17-7-5-6-8-21(17)26-22(14)13-23-10-9-16-11-19(24-3)20(25-4)12-18(16)15(23)2/h5-8,11-12,15H,9-10,13H2,1-4H3/t15-/m0/s1. The molecule has 0 bridgehead atoms. The Kier molecular flexibility index (Phi) is 4.63. The van der Waals surface area contributed by atoms with Crippen molar-refractivity contribution in [3.63, 3.8) is 0 Å². The third kappa shape index (κ3) is 2.87. The molecule has 0 N–H and O–H groups in total. The van der Waals surface area contributed by atoms with E-state index in [0.29, 0.717) is 6.04 Å². The monoisotopic (exact) mass is 367 g/mol. The van der Waals surface area contributed by atoms with Gasteiger partial charge in [-0.05, 0) is 60.5 Å². The summed E-state index contributed by atoms with van der Waals surface area (Å²) in [5.74, 6) is 1.64. The highest BCUT2D eigenvalue weighted by Crippen LogP contribution is 2.39. The summed E-state index contributed by atoms with van der Waals surface area (Å²) in [5.41, 5.74) is 4.16. The third-order valence-electron chi connectivity index (χ3n) is 5.60.